The quantitative estimate of drug-likeness (QED) is 0.206. The maximum atomic E-state index is 13.4. The van der Waals surface area contributed by atoms with E-state index in [1.165, 1.54) is 23.9 Å². The number of methoxy groups -OCH3 is 1. The van der Waals surface area contributed by atoms with E-state index in [0.717, 1.165) is 16.5 Å². The van der Waals surface area contributed by atoms with Crippen LogP contribution in [0.15, 0.2) is 73.4 Å². The standard InChI is InChI=1S/C28H25Br2N3O5/c1-4-16(2)26-32-23-10-9-20(29)13-21(23)27(34)33(26)31-14-18-11-22(30)25(24(12-18)37-3)38-15-17-5-7-19(8-6-17)28(35)36/h5-14,16H,4,15H2,1-3H3,(H,35,36)/t16-/m0/s1. The van der Waals surface area contributed by atoms with Crippen LogP contribution in [0.3, 0.4) is 0 Å². The highest BCUT2D eigenvalue weighted by molar-refractivity contribution is 9.10. The zero-order valence-corrected chi connectivity index (χ0v) is 24.1. The number of fused-ring (bicyclic) bond motifs is 1. The third-order valence-corrected chi connectivity index (χ3v) is 7.13. The van der Waals surface area contributed by atoms with Gasteiger partial charge in [0.15, 0.2) is 11.5 Å². The van der Waals surface area contributed by atoms with Crippen LogP contribution in [0, 0.1) is 0 Å². The van der Waals surface area contributed by atoms with Gasteiger partial charge in [-0.15, -0.1) is 0 Å². The lowest BCUT2D eigenvalue weighted by molar-refractivity contribution is 0.0697. The lowest BCUT2D eigenvalue weighted by atomic mass is 10.1. The van der Waals surface area contributed by atoms with Gasteiger partial charge in [-0.05, 0) is 75.9 Å². The van der Waals surface area contributed by atoms with Crippen LogP contribution in [0.25, 0.3) is 10.9 Å². The minimum atomic E-state index is -0.981. The van der Waals surface area contributed by atoms with E-state index < -0.39 is 5.97 Å². The van der Waals surface area contributed by atoms with Gasteiger partial charge < -0.3 is 14.6 Å². The Kier molecular flexibility index (Phi) is 8.63. The van der Waals surface area contributed by atoms with Gasteiger partial charge in [-0.25, -0.2) is 9.78 Å². The molecule has 1 atom stereocenters. The first-order valence-electron chi connectivity index (χ1n) is 11.8. The molecule has 1 aromatic heterocycles. The number of carbonyl (C=O) groups is 1. The highest BCUT2D eigenvalue weighted by Gasteiger charge is 2.16. The molecule has 0 unspecified atom stereocenters. The van der Waals surface area contributed by atoms with Gasteiger partial charge in [0.25, 0.3) is 5.56 Å². The fraction of sp³-hybridized carbons (Fsp3) is 0.214. The van der Waals surface area contributed by atoms with Crippen LogP contribution in [-0.4, -0.2) is 34.1 Å². The Bertz CT molecular complexity index is 1580. The molecule has 4 aromatic rings. The molecule has 3 aromatic carbocycles. The van der Waals surface area contributed by atoms with E-state index in [1.807, 2.05) is 32.0 Å². The first-order chi connectivity index (χ1) is 18.2. The minimum Gasteiger partial charge on any atom is -0.493 e. The largest absolute Gasteiger partial charge is 0.493 e. The van der Waals surface area contributed by atoms with Crippen molar-refractivity contribution < 1.29 is 19.4 Å². The molecule has 0 fully saturated rings. The van der Waals surface area contributed by atoms with Crippen molar-refractivity contribution in [3.8, 4) is 11.5 Å². The molecule has 0 amide bonds. The second kappa shape index (κ2) is 11.9. The Morgan fingerprint density at radius 3 is 2.55 bits per heavy atom. The first-order valence-corrected chi connectivity index (χ1v) is 13.4. The second-order valence-electron chi connectivity index (χ2n) is 8.63. The van der Waals surface area contributed by atoms with Crippen LogP contribution in [-0.2, 0) is 6.61 Å². The van der Waals surface area contributed by atoms with Crippen molar-refractivity contribution >= 4 is 54.9 Å². The van der Waals surface area contributed by atoms with Crippen LogP contribution in [0.1, 0.15) is 53.5 Å². The summed E-state index contributed by atoms with van der Waals surface area (Å²) >= 11 is 6.97. The topological polar surface area (TPSA) is 103 Å². The smallest absolute Gasteiger partial charge is 0.335 e. The summed E-state index contributed by atoms with van der Waals surface area (Å²) in [7, 11) is 1.54. The third kappa shape index (κ3) is 5.97. The van der Waals surface area contributed by atoms with Crippen LogP contribution < -0.4 is 15.0 Å². The molecule has 1 heterocycles. The zero-order chi connectivity index (χ0) is 27.4. The number of ether oxygens (including phenoxy) is 2. The van der Waals surface area contributed by atoms with Crippen molar-refractivity contribution in [1.29, 1.82) is 0 Å². The number of aromatic nitrogens is 2. The summed E-state index contributed by atoms with van der Waals surface area (Å²) in [6.45, 7) is 4.27. The SMILES string of the molecule is CC[C@H](C)c1nc2ccc(Br)cc2c(=O)n1N=Cc1cc(Br)c(OCc2ccc(C(=O)O)cc2)c(OC)c1. The Morgan fingerprint density at radius 2 is 1.89 bits per heavy atom. The van der Waals surface area contributed by atoms with Gasteiger partial charge in [0.05, 0.1) is 34.3 Å². The number of nitrogens with zero attached hydrogens (tertiary/aromatic N) is 3. The molecule has 0 saturated carbocycles. The molecule has 1 N–H and O–H groups in total. The third-order valence-electron chi connectivity index (χ3n) is 6.04. The maximum Gasteiger partial charge on any atom is 0.335 e. The van der Waals surface area contributed by atoms with Crippen molar-refractivity contribution in [2.24, 2.45) is 5.10 Å². The number of benzene rings is 3. The summed E-state index contributed by atoms with van der Waals surface area (Å²) < 4.78 is 14.3. The van der Waals surface area contributed by atoms with Crippen molar-refractivity contribution in [3.63, 3.8) is 0 Å². The van der Waals surface area contributed by atoms with E-state index in [2.05, 4.69) is 37.0 Å². The van der Waals surface area contributed by atoms with E-state index in [1.54, 1.807) is 30.5 Å². The Hall–Kier alpha value is -3.50. The lowest BCUT2D eigenvalue weighted by Crippen LogP contribution is -2.23. The number of rotatable bonds is 9. The summed E-state index contributed by atoms with van der Waals surface area (Å²) in [5, 5.41) is 14.1. The molecule has 0 aliphatic heterocycles. The normalized spacial score (nSPS) is 12.1. The van der Waals surface area contributed by atoms with Gasteiger partial charge in [-0.3, -0.25) is 4.79 Å². The summed E-state index contributed by atoms with van der Waals surface area (Å²) in [5.41, 5.74) is 2.08. The van der Waals surface area contributed by atoms with Crippen molar-refractivity contribution in [1.82, 2.24) is 9.66 Å². The molecule has 10 heteroatoms. The van der Waals surface area contributed by atoms with Crippen LogP contribution in [0.5, 0.6) is 11.5 Å². The average Bonchev–Trinajstić information content (AvgIpc) is 2.91. The maximum absolute atomic E-state index is 13.4. The van der Waals surface area contributed by atoms with Gasteiger partial charge in [0.2, 0.25) is 0 Å². The molecule has 38 heavy (non-hydrogen) atoms. The van der Waals surface area contributed by atoms with E-state index in [9.17, 15) is 9.59 Å². The molecular formula is C28H25Br2N3O5. The summed E-state index contributed by atoms with van der Waals surface area (Å²) in [6.07, 6.45) is 2.38. The number of halogens is 2. The molecule has 196 valence electrons. The molecule has 4 rings (SSSR count). The predicted octanol–water partition coefficient (Wildman–Crippen LogP) is 6.60. The molecule has 0 bridgehead atoms. The number of hydrogen-bond acceptors (Lipinski definition) is 6. The van der Waals surface area contributed by atoms with Crippen LogP contribution in [0.4, 0.5) is 0 Å². The van der Waals surface area contributed by atoms with Crippen LogP contribution >= 0.6 is 31.9 Å². The monoisotopic (exact) mass is 641 g/mol. The van der Waals surface area contributed by atoms with E-state index in [4.69, 9.17) is 19.6 Å². The Balaban J connectivity index is 1.65. The highest BCUT2D eigenvalue weighted by Crippen LogP contribution is 2.37. The summed E-state index contributed by atoms with van der Waals surface area (Å²) in [6, 6.07) is 15.5. The van der Waals surface area contributed by atoms with Crippen molar-refractivity contribution in [3.05, 3.63) is 96.4 Å². The van der Waals surface area contributed by atoms with Gasteiger partial charge >= 0.3 is 5.97 Å². The number of carboxylic acids is 1. The average molecular weight is 643 g/mol. The molecule has 0 saturated heterocycles. The molecule has 0 spiro atoms. The molecule has 0 aliphatic rings. The van der Waals surface area contributed by atoms with E-state index in [0.29, 0.717) is 38.3 Å². The fourth-order valence-electron chi connectivity index (χ4n) is 3.76. The number of carboxylic acid groups (broad SMARTS) is 1. The van der Waals surface area contributed by atoms with Crippen molar-refractivity contribution in [2.75, 3.05) is 7.11 Å². The van der Waals surface area contributed by atoms with E-state index in [-0.39, 0.29) is 23.6 Å². The van der Waals surface area contributed by atoms with Gasteiger partial charge in [-0.2, -0.15) is 9.78 Å². The molecule has 0 radical (unpaired) electrons. The number of hydrogen-bond donors (Lipinski definition) is 1. The van der Waals surface area contributed by atoms with E-state index >= 15 is 0 Å². The molecule has 8 nitrogen and oxygen atoms in total. The fourth-order valence-corrected chi connectivity index (χ4v) is 4.69. The van der Waals surface area contributed by atoms with Crippen LogP contribution in [0.2, 0.25) is 0 Å². The molecular weight excluding hydrogens is 618 g/mol. The highest BCUT2D eigenvalue weighted by atomic mass is 79.9. The minimum absolute atomic E-state index is 0.0227. The Labute approximate surface area is 236 Å². The zero-order valence-electron chi connectivity index (χ0n) is 20.9. The molecule has 0 aliphatic carbocycles. The number of aromatic carboxylic acids is 1. The first kappa shape index (κ1) is 27.5. The van der Waals surface area contributed by atoms with Gasteiger partial charge in [-0.1, -0.05) is 41.9 Å². The summed E-state index contributed by atoms with van der Waals surface area (Å²) in [4.78, 5) is 29.2. The summed E-state index contributed by atoms with van der Waals surface area (Å²) in [5.74, 6) is 0.586. The van der Waals surface area contributed by atoms with Crippen molar-refractivity contribution in [2.45, 2.75) is 32.8 Å². The lowest BCUT2D eigenvalue weighted by Gasteiger charge is -2.15. The van der Waals surface area contributed by atoms with Gasteiger partial charge in [0, 0.05) is 10.4 Å². The second-order valence-corrected chi connectivity index (χ2v) is 10.4. The van der Waals surface area contributed by atoms with Gasteiger partial charge in [0.1, 0.15) is 12.4 Å². The predicted molar refractivity (Wildman–Crippen MR) is 154 cm³/mol. The Morgan fingerprint density at radius 1 is 1.16 bits per heavy atom.